The number of aryl methyl sites for hydroxylation is 2. The number of hydrogen-bond donors (Lipinski definition) is 2. The molecule has 2 aromatic carbocycles. The van der Waals surface area contributed by atoms with Crippen molar-refractivity contribution < 1.29 is 9.47 Å². The molecule has 0 aliphatic rings. The van der Waals surface area contributed by atoms with Crippen molar-refractivity contribution in [1.82, 2.24) is 14.9 Å². The molecule has 0 radical (unpaired) electrons. The molecule has 0 saturated carbocycles. The molecule has 0 spiro atoms. The molecule has 0 atom stereocenters. The summed E-state index contributed by atoms with van der Waals surface area (Å²) in [6.07, 6.45) is 5.53. The van der Waals surface area contributed by atoms with E-state index in [4.69, 9.17) is 15.2 Å². The van der Waals surface area contributed by atoms with Gasteiger partial charge in [0.1, 0.15) is 12.4 Å². The Morgan fingerprint density at radius 2 is 1.83 bits per heavy atom. The highest BCUT2D eigenvalue weighted by molar-refractivity contribution is 5.77. The predicted octanol–water partition coefficient (Wildman–Crippen LogP) is 2.79. The summed E-state index contributed by atoms with van der Waals surface area (Å²) in [5.74, 6) is 2.75. The number of hydrogen-bond acceptors (Lipinski definition) is 4. The highest BCUT2D eigenvalue weighted by Gasteiger charge is 2.05. The lowest BCUT2D eigenvalue weighted by molar-refractivity contribution is 0.354. The Bertz CT molecular complexity index is 953. The number of rotatable bonds is 10. The van der Waals surface area contributed by atoms with Crippen LogP contribution < -0.4 is 20.5 Å². The number of aromatic nitrogens is 2. The minimum Gasteiger partial charge on any atom is -0.493 e. The van der Waals surface area contributed by atoms with Crippen molar-refractivity contribution in [3.63, 3.8) is 0 Å². The molecule has 1 aromatic heterocycles. The molecule has 0 bridgehead atoms. The van der Waals surface area contributed by atoms with Crippen LogP contribution in [0.4, 0.5) is 0 Å². The molecule has 3 N–H and O–H groups in total. The van der Waals surface area contributed by atoms with Crippen LogP contribution >= 0.6 is 0 Å². The Balaban J connectivity index is 1.47. The molecule has 1 heterocycles. The van der Waals surface area contributed by atoms with Crippen LogP contribution in [0.2, 0.25) is 0 Å². The van der Waals surface area contributed by atoms with Crippen LogP contribution in [0.3, 0.4) is 0 Å². The van der Waals surface area contributed by atoms with E-state index in [1.807, 2.05) is 30.5 Å². The third-order valence-corrected chi connectivity index (χ3v) is 4.84. The molecule has 7 nitrogen and oxygen atoms in total. The van der Waals surface area contributed by atoms with Gasteiger partial charge in [0, 0.05) is 25.5 Å². The van der Waals surface area contributed by atoms with E-state index in [-0.39, 0.29) is 0 Å². The van der Waals surface area contributed by atoms with Crippen molar-refractivity contribution in [3.05, 3.63) is 77.9 Å². The van der Waals surface area contributed by atoms with E-state index in [1.165, 1.54) is 5.56 Å². The number of nitrogens with zero attached hydrogens (tertiary/aromatic N) is 3. The molecule has 0 aliphatic carbocycles. The normalized spacial score (nSPS) is 11.3. The molecule has 7 heteroatoms. The van der Waals surface area contributed by atoms with E-state index in [9.17, 15) is 0 Å². The van der Waals surface area contributed by atoms with Gasteiger partial charge < -0.3 is 25.1 Å². The highest BCUT2D eigenvalue weighted by Crippen LogP contribution is 2.27. The van der Waals surface area contributed by atoms with Crippen molar-refractivity contribution in [2.24, 2.45) is 10.7 Å². The maximum absolute atomic E-state index is 6.03. The summed E-state index contributed by atoms with van der Waals surface area (Å²) in [4.78, 5) is 8.84. The molecule has 0 unspecified atom stereocenters. The number of aliphatic imine (C=N–C) groups is 1. The number of nitrogens with two attached hydrogens (primary N) is 1. The molecular formula is C23H29N5O2. The summed E-state index contributed by atoms with van der Waals surface area (Å²) in [5.41, 5.74) is 8.46. The van der Waals surface area contributed by atoms with Crippen molar-refractivity contribution in [3.8, 4) is 11.5 Å². The monoisotopic (exact) mass is 407 g/mol. The lowest BCUT2D eigenvalue weighted by atomic mass is 10.1. The smallest absolute Gasteiger partial charge is 0.189 e. The van der Waals surface area contributed by atoms with E-state index in [1.54, 1.807) is 20.4 Å². The SMILES string of the molecule is COc1ccc(CCNC(N)=NCc2nccn2CCc2ccccc2)cc1OC. The fourth-order valence-corrected chi connectivity index (χ4v) is 3.17. The summed E-state index contributed by atoms with van der Waals surface area (Å²) in [6.45, 7) is 1.98. The van der Waals surface area contributed by atoms with Crippen LogP contribution in [0, 0.1) is 0 Å². The maximum atomic E-state index is 6.03. The van der Waals surface area contributed by atoms with E-state index in [2.05, 4.69) is 44.1 Å². The second kappa shape index (κ2) is 10.9. The second-order valence-electron chi connectivity index (χ2n) is 6.84. The van der Waals surface area contributed by atoms with Crippen LogP contribution in [0.1, 0.15) is 17.0 Å². The zero-order valence-electron chi connectivity index (χ0n) is 17.5. The summed E-state index contributed by atoms with van der Waals surface area (Å²) >= 11 is 0. The third kappa shape index (κ3) is 6.01. The van der Waals surface area contributed by atoms with Gasteiger partial charge in [-0.15, -0.1) is 0 Å². The molecule has 3 rings (SSSR count). The Morgan fingerprint density at radius 3 is 2.60 bits per heavy atom. The Morgan fingerprint density at radius 1 is 1.03 bits per heavy atom. The number of imidazole rings is 1. The maximum Gasteiger partial charge on any atom is 0.189 e. The molecule has 0 amide bonds. The van der Waals surface area contributed by atoms with Crippen LogP contribution in [0.5, 0.6) is 11.5 Å². The van der Waals surface area contributed by atoms with Gasteiger partial charge in [-0.05, 0) is 36.1 Å². The molecule has 0 fully saturated rings. The number of ether oxygens (including phenoxy) is 2. The highest BCUT2D eigenvalue weighted by atomic mass is 16.5. The third-order valence-electron chi connectivity index (χ3n) is 4.84. The summed E-state index contributed by atoms with van der Waals surface area (Å²) in [5, 5.41) is 3.16. The van der Waals surface area contributed by atoms with Gasteiger partial charge in [0.05, 0.1) is 14.2 Å². The number of benzene rings is 2. The van der Waals surface area contributed by atoms with Crippen molar-refractivity contribution >= 4 is 5.96 Å². The lowest BCUT2D eigenvalue weighted by Gasteiger charge is -2.10. The van der Waals surface area contributed by atoms with E-state index in [0.29, 0.717) is 19.0 Å². The molecule has 3 aromatic rings. The van der Waals surface area contributed by atoms with Crippen LogP contribution in [-0.4, -0.2) is 36.3 Å². The van der Waals surface area contributed by atoms with Gasteiger partial charge in [0.2, 0.25) is 0 Å². The quantitative estimate of drug-likeness (QED) is 0.399. The van der Waals surface area contributed by atoms with Gasteiger partial charge in [0.25, 0.3) is 0 Å². The minimum absolute atomic E-state index is 0.410. The first-order valence-electron chi connectivity index (χ1n) is 9.98. The average Bonchev–Trinajstić information content (AvgIpc) is 3.24. The first-order chi connectivity index (χ1) is 14.7. The van der Waals surface area contributed by atoms with Crippen LogP contribution in [-0.2, 0) is 25.9 Å². The van der Waals surface area contributed by atoms with Crippen LogP contribution in [0.15, 0.2) is 65.9 Å². The minimum atomic E-state index is 0.410. The van der Waals surface area contributed by atoms with Crippen molar-refractivity contribution in [2.75, 3.05) is 20.8 Å². The van der Waals surface area contributed by atoms with Crippen LogP contribution in [0.25, 0.3) is 0 Å². The standard InChI is InChI=1S/C23H29N5O2/c1-29-20-9-8-19(16-21(20)30-2)10-12-26-23(24)27-17-22-25-13-15-28(22)14-11-18-6-4-3-5-7-18/h3-9,13,15-16H,10-12,14,17H2,1-2H3,(H3,24,26,27). The second-order valence-corrected chi connectivity index (χ2v) is 6.84. The predicted molar refractivity (Wildman–Crippen MR) is 119 cm³/mol. The topological polar surface area (TPSA) is 86.7 Å². The first-order valence-corrected chi connectivity index (χ1v) is 9.98. The lowest BCUT2D eigenvalue weighted by Crippen LogP contribution is -2.33. The first kappa shape index (κ1) is 21.2. The number of nitrogens with one attached hydrogen (secondary N) is 1. The summed E-state index contributed by atoms with van der Waals surface area (Å²) in [7, 11) is 3.26. The fourth-order valence-electron chi connectivity index (χ4n) is 3.17. The zero-order valence-corrected chi connectivity index (χ0v) is 17.5. The largest absolute Gasteiger partial charge is 0.493 e. The van der Waals surface area contributed by atoms with Gasteiger partial charge in [-0.2, -0.15) is 0 Å². The van der Waals surface area contributed by atoms with Gasteiger partial charge in [0.15, 0.2) is 17.5 Å². The number of methoxy groups -OCH3 is 2. The van der Waals surface area contributed by atoms with E-state index in [0.717, 1.165) is 42.3 Å². The fraction of sp³-hybridized carbons (Fsp3) is 0.304. The Labute approximate surface area is 177 Å². The molecule has 0 saturated heterocycles. The van der Waals surface area contributed by atoms with Crippen molar-refractivity contribution in [1.29, 1.82) is 0 Å². The van der Waals surface area contributed by atoms with Gasteiger partial charge >= 0.3 is 0 Å². The summed E-state index contributed by atoms with van der Waals surface area (Å²) < 4.78 is 12.7. The van der Waals surface area contributed by atoms with E-state index >= 15 is 0 Å². The number of guanidine groups is 1. The molecule has 0 aliphatic heterocycles. The molecule has 30 heavy (non-hydrogen) atoms. The summed E-state index contributed by atoms with van der Waals surface area (Å²) in [6, 6.07) is 16.3. The average molecular weight is 408 g/mol. The molecule has 158 valence electrons. The molecular weight excluding hydrogens is 378 g/mol. The Kier molecular flexibility index (Phi) is 7.71. The van der Waals surface area contributed by atoms with Gasteiger partial charge in [-0.1, -0.05) is 36.4 Å². The van der Waals surface area contributed by atoms with Gasteiger partial charge in [-0.3, -0.25) is 0 Å². The van der Waals surface area contributed by atoms with Crippen molar-refractivity contribution in [2.45, 2.75) is 25.9 Å². The zero-order chi connectivity index (χ0) is 21.2. The van der Waals surface area contributed by atoms with Gasteiger partial charge in [-0.25, -0.2) is 9.98 Å². The Hall–Kier alpha value is -3.48. The van der Waals surface area contributed by atoms with E-state index < -0.39 is 0 Å².